The van der Waals surface area contributed by atoms with Crippen LogP contribution in [0.1, 0.15) is 38.2 Å². The minimum atomic E-state index is 0.166. The monoisotopic (exact) mass is 286 g/mol. The molecule has 0 aromatic heterocycles. The quantitative estimate of drug-likeness (QED) is 0.554. The number of hydrogen-bond acceptors (Lipinski definition) is 3. The van der Waals surface area contributed by atoms with Gasteiger partial charge in [-0.1, -0.05) is 54.9 Å². The first kappa shape index (κ1) is 15.8. The summed E-state index contributed by atoms with van der Waals surface area (Å²) in [5, 5.41) is 7.70. The SMILES string of the molecule is C=CCC(CC)CCNCC1CC(c2ccccc2)=NO1. The van der Waals surface area contributed by atoms with Gasteiger partial charge < -0.3 is 10.2 Å². The molecule has 2 unspecified atom stereocenters. The van der Waals surface area contributed by atoms with Crippen LogP contribution in [-0.2, 0) is 4.84 Å². The van der Waals surface area contributed by atoms with Gasteiger partial charge in [-0.3, -0.25) is 0 Å². The van der Waals surface area contributed by atoms with E-state index in [9.17, 15) is 0 Å². The summed E-state index contributed by atoms with van der Waals surface area (Å²) in [6, 6.07) is 10.3. The molecule has 1 aliphatic heterocycles. The summed E-state index contributed by atoms with van der Waals surface area (Å²) in [4.78, 5) is 5.51. The van der Waals surface area contributed by atoms with Crippen LogP contribution in [0, 0.1) is 5.92 Å². The van der Waals surface area contributed by atoms with Crippen LogP contribution in [0.2, 0.25) is 0 Å². The second-order valence-electron chi connectivity index (χ2n) is 5.63. The Bertz CT molecular complexity index is 456. The molecule has 1 aliphatic rings. The predicted molar refractivity (Wildman–Crippen MR) is 88.6 cm³/mol. The van der Waals surface area contributed by atoms with Crippen molar-refractivity contribution in [1.82, 2.24) is 5.32 Å². The van der Waals surface area contributed by atoms with Crippen molar-refractivity contribution in [3.63, 3.8) is 0 Å². The number of nitrogens with one attached hydrogen (secondary N) is 1. The van der Waals surface area contributed by atoms with Crippen LogP contribution >= 0.6 is 0 Å². The predicted octanol–water partition coefficient (Wildman–Crippen LogP) is 3.76. The van der Waals surface area contributed by atoms with Gasteiger partial charge in [0.05, 0.1) is 5.71 Å². The zero-order valence-electron chi connectivity index (χ0n) is 12.9. The first-order chi connectivity index (χ1) is 10.3. The van der Waals surface area contributed by atoms with E-state index >= 15 is 0 Å². The molecule has 0 bridgehead atoms. The molecule has 3 nitrogen and oxygen atoms in total. The summed E-state index contributed by atoms with van der Waals surface area (Å²) < 4.78 is 0. The lowest BCUT2D eigenvalue weighted by molar-refractivity contribution is 0.0849. The number of hydrogen-bond donors (Lipinski definition) is 1. The molecule has 2 rings (SSSR count). The van der Waals surface area contributed by atoms with E-state index in [0.717, 1.165) is 43.1 Å². The molecule has 3 heteroatoms. The van der Waals surface area contributed by atoms with Gasteiger partial charge in [-0.25, -0.2) is 0 Å². The number of nitrogens with zero attached hydrogens (tertiary/aromatic N) is 1. The van der Waals surface area contributed by atoms with Crippen molar-refractivity contribution in [1.29, 1.82) is 0 Å². The lowest BCUT2D eigenvalue weighted by atomic mass is 9.98. The summed E-state index contributed by atoms with van der Waals surface area (Å²) >= 11 is 0. The van der Waals surface area contributed by atoms with Crippen molar-refractivity contribution in [2.24, 2.45) is 11.1 Å². The third-order valence-electron chi connectivity index (χ3n) is 4.02. The second kappa shape index (κ2) is 8.63. The maximum Gasteiger partial charge on any atom is 0.145 e. The van der Waals surface area contributed by atoms with Gasteiger partial charge in [0, 0.05) is 13.0 Å². The molecule has 1 aromatic rings. The molecule has 0 radical (unpaired) electrons. The maximum atomic E-state index is 5.51. The van der Waals surface area contributed by atoms with Crippen LogP contribution in [0.25, 0.3) is 0 Å². The van der Waals surface area contributed by atoms with Gasteiger partial charge in [0.2, 0.25) is 0 Å². The van der Waals surface area contributed by atoms with Gasteiger partial charge in [-0.2, -0.15) is 0 Å². The molecule has 1 N–H and O–H groups in total. The Kier molecular flexibility index (Phi) is 6.48. The lowest BCUT2D eigenvalue weighted by Crippen LogP contribution is -2.28. The molecule has 114 valence electrons. The van der Waals surface area contributed by atoms with E-state index in [2.05, 4.69) is 36.1 Å². The molecule has 21 heavy (non-hydrogen) atoms. The smallest absolute Gasteiger partial charge is 0.145 e. The van der Waals surface area contributed by atoms with Crippen molar-refractivity contribution in [3.8, 4) is 0 Å². The Morgan fingerprint density at radius 1 is 1.43 bits per heavy atom. The molecule has 1 aromatic carbocycles. The largest absolute Gasteiger partial charge is 0.390 e. The highest BCUT2D eigenvalue weighted by atomic mass is 16.6. The Hall–Kier alpha value is -1.61. The fraction of sp³-hybridized carbons (Fsp3) is 0.500. The van der Waals surface area contributed by atoms with E-state index < -0.39 is 0 Å². The summed E-state index contributed by atoms with van der Waals surface area (Å²) in [5.74, 6) is 0.746. The van der Waals surface area contributed by atoms with Gasteiger partial charge in [-0.05, 0) is 30.9 Å². The van der Waals surface area contributed by atoms with E-state index in [-0.39, 0.29) is 6.10 Å². The topological polar surface area (TPSA) is 33.6 Å². The number of oxime groups is 1. The molecular weight excluding hydrogens is 260 g/mol. The van der Waals surface area contributed by atoms with E-state index in [0.29, 0.717) is 0 Å². The van der Waals surface area contributed by atoms with Crippen LogP contribution < -0.4 is 5.32 Å². The molecule has 0 fully saturated rings. The highest BCUT2D eigenvalue weighted by Gasteiger charge is 2.21. The summed E-state index contributed by atoms with van der Waals surface area (Å²) in [5.41, 5.74) is 2.22. The molecule has 0 spiro atoms. The third-order valence-corrected chi connectivity index (χ3v) is 4.02. The van der Waals surface area contributed by atoms with Crippen LogP contribution in [0.3, 0.4) is 0 Å². The average molecular weight is 286 g/mol. The third kappa shape index (κ3) is 5.01. The maximum absolute atomic E-state index is 5.51. The van der Waals surface area contributed by atoms with Crippen LogP contribution in [0.15, 0.2) is 48.1 Å². The Labute approximate surface area is 128 Å². The van der Waals surface area contributed by atoms with Crippen LogP contribution in [0.4, 0.5) is 0 Å². The van der Waals surface area contributed by atoms with Gasteiger partial charge in [0.25, 0.3) is 0 Å². The summed E-state index contributed by atoms with van der Waals surface area (Å²) in [7, 11) is 0. The second-order valence-corrected chi connectivity index (χ2v) is 5.63. The van der Waals surface area contributed by atoms with Gasteiger partial charge in [0.15, 0.2) is 0 Å². The summed E-state index contributed by atoms with van der Waals surface area (Å²) in [6.07, 6.45) is 6.60. The fourth-order valence-electron chi connectivity index (χ4n) is 2.63. The standard InChI is InChI=1S/C18H26N2O/c1-3-8-15(4-2)11-12-19-14-17-13-18(20-21-17)16-9-6-5-7-10-16/h3,5-7,9-10,15,17,19H,1,4,8,11-14H2,2H3. The van der Waals surface area contributed by atoms with Crippen molar-refractivity contribution in [3.05, 3.63) is 48.6 Å². The minimum Gasteiger partial charge on any atom is -0.390 e. The Morgan fingerprint density at radius 2 is 2.24 bits per heavy atom. The number of allylic oxidation sites excluding steroid dienone is 1. The highest BCUT2D eigenvalue weighted by Crippen LogP contribution is 2.16. The minimum absolute atomic E-state index is 0.166. The zero-order chi connectivity index (χ0) is 14.9. The summed E-state index contributed by atoms with van der Waals surface area (Å²) in [6.45, 7) is 7.97. The average Bonchev–Trinajstić information content (AvgIpc) is 3.00. The first-order valence-electron chi connectivity index (χ1n) is 7.93. The molecule has 0 saturated heterocycles. The molecule has 0 saturated carbocycles. The van der Waals surface area contributed by atoms with Crippen molar-refractivity contribution in [2.45, 2.75) is 38.7 Å². The van der Waals surface area contributed by atoms with Gasteiger partial charge >= 0.3 is 0 Å². The fourth-order valence-corrected chi connectivity index (χ4v) is 2.63. The Balaban J connectivity index is 1.65. The zero-order valence-corrected chi connectivity index (χ0v) is 12.9. The Morgan fingerprint density at radius 3 is 2.95 bits per heavy atom. The molecule has 0 aliphatic carbocycles. The molecular formula is C18H26N2O. The highest BCUT2D eigenvalue weighted by molar-refractivity contribution is 6.01. The lowest BCUT2D eigenvalue weighted by Gasteiger charge is -2.14. The van der Waals surface area contributed by atoms with E-state index in [1.54, 1.807) is 0 Å². The van der Waals surface area contributed by atoms with Crippen molar-refractivity contribution < 1.29 is 4.84 Å². The number of rotatable bonds is 9. The van der Waals surface area contributed by atoms with Gasteiger partial charge in [0.1, 0.15) is 6.10 Å². The van der Waals surface area contributed by atoms with Gasteiger partial charge in [-0.15, -0.1) is 6.58 Å². The molecule has 0 amide bonds. The van der Waals surface area contributed by atoms with Crippen molar-refractivity contribution in [2.75, 3.05) is 13.1 Å². The van der Waals surface area contributed by atoms with E-state index in [1.807, 2.05) is 24.3 Å². The van der Waals surface area contributed by atoms with E-state index in [1.165, 1.54) is 12.8 Å². The first-order valence-corrected chi connectivity index (χ1v) is 7.93. The van der Waals surface area contributed by atoms with Crippen LogP contribution in [0.5, 0.6) is 0 Å². The number of benzene rings is 1. The molecule has 1 heterocycles. The van der Waals surface area contributed by atoms with Crippen molar-refractivity contribution >= 4 is 5.71 Å². The van der Waals surface area contributed by atoms with Crippen LogP contribution in [-0.4, -0.2) is 24.9 Å². The van der Waals surface area contributed by atoms with E-state index in [4.69, 9.17) is 4.84 Å². The normalized spacial score (nSPS) is 18.9. The molecule has 2 atom stereocenters.